The van der Waals surface area contributed by atoms with Crippen LogP contribution in [0.1, 0.15) is 183 Å². The number of ether oxygens (including phenoxy) is 10. The van der Waals surface area contributed by atoms with Gasteiger partial charge in [-0.3, -0.25) is 34.3 Å². The van der Waals surface area contributed by atoms with Crippen molar-refractivity contribution in [1.82, 2.24) is 34.3 Å². The van der Waals surface area contributed by atoms with Crippen molar-refractivity contribution in [3.05, 3.63) is 0 Å². The van der Waals surface area contributed by atoms with Gasteiger partial charge in [0, 0.05) is 132 Å². The Bertz CT molecular complexity index is 2370. The van der Waals surface area contributed by atoms with Crippen LogP contribution in [-0.4, -0.2) is 313 Å². The molecule has 10 fully saturated rings. The van der Waals surface area contributed by atoms with Crippen LogP contribution in [0.25, 0.3) is 0 Å². The number of esters is 5. The lowest BCUT2D eigenvalue weighted by Gasteiger charge is -2.41. The molecule has 22 nitrogen and oxygen atoms in total. The maximum atomic E-state index is 13.0. The van der Waals surface area contributed by atoms with E-state index in [-0.39, 0.29) is 57.3 Å². The zero-order valence-electron chi connectivity index (χ0n) is 64.2. The number of alkyl halides is 14. The van der Waals surface area contributed by atoms with Gasteiger partial charge >= 0.3 is 59.5 Å². The average Bonchev–Trinajstić information content (AvgIpc) is 1.14. The minimum atomic E-state index is -3.41. The molecule has 10 rings (SSSR count). The molecule has 10 aliphatic rings. The third kappa shape index (κ3) is 40.6. The van der Waals surface area contributed by atoms with E-state index in [0.717, 1.165) is 215 Å². The summed E-state index contributed by atoms with van der Waals surface area (Å²) in [4.78, 5) is 69.7. The van der Waals surface area contributed by atoms with Crippen molar-refractivity contribution >= 4 is 29.8 Å². The van der Waals surface area contributed by atoms with Crippen molar-refractivity contribution in [2.24, 2.45) is 0 Å². The number of hydrogen-bond acceptors (Lipinski definition) is 22. The number of carbonyl (C=O) groups excluding carboxylic acids is 5. The predicted octanol–water partition coefficient (Wildman–Crippen LogP) is 11.8. The highest BCUT2D eigenvalue weighted by Crippen LogP contribution is 2.33. The van der Waals surface area contributed by atoms with E-state index in [1.54, 1.807) is 0 Å². The summed E-state index contributed by atoms with van der Waals surface area (Å²) in [7, 11) is 0. The molecule has 0 bridgehead atoms. The molecular formula is C72H121F14N7O15. The number of carbonyl (C=O) groups is 5. The van der Waals surface area contributed by atoms with Crippen LogP contribution in [-0.2, 0) is 71.3 Å². The molecule has 0 radical (unpaired) electrons. The molecule has 6 unspecified atom stereocenters. The molecule has 7 saturated heterocycles. The largest absolute Gasteiger partial charge is 0.456 e. The maximum Gasteiger partial charge on any atom is 0.377 e. The van der Waals surface area contributed by atoms with Crippen LogP contribution in [0, 0.1) is 0 Å². The van der Waals surface area contributed by atoms with Gasteiger partial charge in [-0.05, 0) is 135 Å². The fraction of sp³-hybridized carbons (Fsp3) is 0.931. The third-order valence-corrected chi connectivity index (χ3v) is 19.2. The van der Waals surface area contributed by atoms with Gasteiger partial charge in [-0.2, -0.15) is 43.9 Å². The van der Waals surface area contributed by atoms with E-state index in [2.05, 4.69) is 24.2 Å². The minimum Gasteiger partial charge on any atom is -0.456 e. The van der Waals surface area contributed by atoms with Gasteiger partial charge in [0.05, 0.1) is 53.1 Å². The topological polar surface area (TPSA) is 200 Å². The molecule has 0 spiro atoms. The number of hydrogen-bond donors (Lipinski definition) is 0. The molecule has 3 saturated carbocycles. The lowest BCUT2D eigenvalue weighted by Crippen LogP contribution is -2.52. The summed E-state index contributed by atoms with van der Waals surface area (Å²) in [6.45, 7) is 19.9. The summed E-state index contributed by atoms with van der Waals surface area (Å²) in [6, 6.07) is 0.344. The van der Waals surface area contributed by atoms with Crippen molar-refractivity contribution in [2.75, 3.05) is 171 Å². The second kappa shape index (κ2) is 48.2. The summed E-state index contributed by atoms with van der Waals surface area (Å²) in [6.07, 6.45) is 19.9. The molecule has 0 aromatic rings. The zero-order chi connectivity index (χ0) is 80.2. The highest BCUT2D eigenvalue weighted by Gasteiger charge is 2.44. The Morgan fingerprint density at radius 3 is 0.787 bits per heavy atom. The first kappa shape index (κ1) is 96.3. The first-order valence-electron chi connectivity index (χ1n) is 38.2. The van der Waals surface area contributed by atoms with Gasteiger partial charge in [0.1, 0.15) is 45.0 Å². The van der Waals surface area contributed by atoms with Crippen LogP contribution < -0.4 is 0 Å². The van der Waals surface area contributed by atoms with Gasteiger partial charge < -0.3 is 47.4 Å². The van der Waals surface area contributed by atoms with E-state index >= 15 is 0 Å². The number of nitrogens with zero attached hydrogens (tertiary/aromatic N) is 7. The van der Waals surface area contributed by atoms with Gasteiger partial charge in [0.2, 0.25) is 0 Å². The van der Waals surface area contributed by atoms with Crippen LogP contribution in [0.2, 0.25) is 0 Å². The predicted molar refractivity (Wildman–Crippen MR) is 369 cm³/mol. The molecule has 6 atom stereocenters. The van der Waals surface area contributed by atoms with Crippen LogP contribution in [0.3, 0.4) is 0 Å². The molecule has 0 N–H and O–H groups in total. The molecule has 3 aliphatic carbocycles. The second-order valence-corrected chi connectivity index (χ2v) is 29.6. The summed E-state index contributed by atoms with van der Waals surface area (Å²) >= 11 is 0. The first-order chi connectivity index (χ1) is 50.6. The minimum absolute atomic E-state index is 0.0116. The fourth-order valence-corrected chi connectivity index (χ4v) is 13.4. The van der Waals surface area contributed by atoms with E-state index < -0.39 is 90.6 Å². The maximum absolute atomic E-state index is 13.0. The molecule has 0 amide bonds. The first-order valence-corrected chi connectivity index (χ1v) is 38.2. The summed E-state index contributed by atoms with van der Waals surface area (Å²) in [5.74, 6) is -29.4. The van der Waals surface area contributed by atoms with Crippen molar-refractivity contribution in [3.8, 4) is 0 Å². The van der Waals surface area contributed by atoms with Gasteiger partial charge in [-0.1, -0.05) is 25.7 Å². The van der Waals surface area contributed by atoms with E-state index in [1.807, 2.05) is 19.6 Å². The lowest BCUT2D eigenvalue weighted by molar-refractivity contribution is -0.181. The van der Waals surface area contributed by atoms with Gasteiger partial charge in [0.25, 0.3) is 11.8 Å². The van der Waals surface area contributed by atoms with Crippen LogP contribution in [0.5, 0.6) is 0 Å². The Kier molecular flexibility index (Phi) is 42.9. The highest BCUT2D eigenvalue weighted by atomic mass is 19.3. The SMILES string of the molecule is CC(F)(F)C(=O)OC1CCCCC1N1CCCC1.CC(F)(F)C(=O)OC1CCCCC1N1CCCCC1.CC(F)(F)C(=O)OC1CCCCC1N1CCOCC1.CC(F)(F)C(=O)OCN1CCCC1.CC(F)(F)C(=O)OCN1CCCC1.CC(F)(F)COCN1CCOCC1.CC(F)(F)COCN1CCOCC1. The number of morpholine rings is 3. The Morgan fingerprint density at radius 2 is 0.519 bits per heavy atom. The molecule has 7 heterocycles. The fourth-order valence-electron chi connectivity index (χ4n) is 13.4. The van der Waals surface area contributed by atoms with Crippen LogP contribution >= 0.6 is 0 Å². The van der Waals surface area contributed by atoms with Crippen molar-refractivity contribution < 1.29 is 133 Å². The molecule has 632 valence electrons. The monoisotopic (exact) mass is 1590 g/mol. The molecule has 0 aromatic carbocycles. The van der Waals surface area contributed by atoms with E-state index in [0.29, 0.717) is 93.5 Å². The van der Waals surface area contributed by atoms with Gasteiger partial charge in [0.15, 0.2) is 0 Å². The number of rotatable bonds is 23. The summed E-state index contributed by atoms with van der Waals surface area (Å²) < 4.78 is 225. The molecular weight excluding hydrogens is 1470 g/mol. The average molecular weight is 1590 g/mol. The van der Waals surface area contributed by atoms with Crippen molar-refractivity contribution in [3.63, 3.8) is 0 Å². The summed E-state index contributed by atoms with van der Waals surface area (Å²) in [5, 5.41) is 0. The van der Waals surface area contributed by atoms with E-state index in [9.17, 15) is 85.4 Å². The molecule has 0 aromatic heterocycles. The van der Waals surface area contributed by atoms with E-state index in [4.69, 9.17) is 37.9 Å². The Balaban J connectivity index is 0.000000268. The Morgan fingerprint density at radius 1 is 0.287 bits per heavy atom. The summed E-state index contributed by atoms with van der Waals surface area (Å²) in [5.41, 5.74) is 0. The molecule has 108 heavy (non-hydrogen) atoms. The molecule has 36 heteroatoms. The highest BCUT2D eigenvalue weighted by molar-refractivity contribution is 5.78. The van der Waals surface area contributed by atoms with Gasteiger partial charge in [-0.25, -0.2) is 41.5 Å². The lowest BCUT2D eigenvalue weighted by atomic mass is 9.90. The molecule has 7 aliphatic heterocycles. The van der Waals surface area contributed by atoms with Crippen LogP contribution in [0.15, 0.2) is 0 Å². The smallest absolute Gasteiger partial charge is 0.377 e. The quantitative estimate of drug-likeness (QED) is 0.0531. The Labute approximate surface area is 627 Å². The standard InChI is InChI=1S/C14H23F2NO2.C13H21F2NO3.C13H21F2NO2.2C8H15F2NO2.2C8H13F2NO2/c1-14(15,16)13(18)19-12-8-4-3-7-11(12)17-9-5-2-6-10-17;1-13(14,15)12(17)19-11-5-3-2-4-10(11)16-6-8-18-9-7-16;1-13(14,15)12(17)18-11-7-3-2-6-10(11)16-8-4-5-9-16;2*1-8(9,10)6-13-7-11-2-4-12-5-3-11;2*1-8(9,10)7(12)13-6-11-4-2-3-5-11/h11-12H,2-10H2,1H3;10-11H,2-9H2,1H3;10-11H,2-9H2,1H3;2*2-7H2,1H3;2*2-6H2,1H3. The van der Waals surface area contributed by atoms with E-state index in [1.165, 1.54) is 6.42 Å². The number of halogens is 14. The third-order valence-electron chi connectivity index (χ3n) is 19.2. The Hall–Kier alpha value is -4.11. The van der Waals surface area contributed by atoms with Crippen molar-refractivity contribution in [2.45, 2.75) is 261 Å². The number of likely N-dealkylation sites (tertiary alicyclic amines) is 4. The van der Waals surface area contributed by atoms with Crippen molar-refractivity contribution in [1.29, 1.82) is 0 Å². The zero-order valence-corrected chi connectivity index (χ0v) is 64.2. The second-order valence-electron chi connectivity index (χ2n) is 29.6. The van der Waals surface area contributed by atoms with Crippen LogP contribution in [0.4, 0.5) is 61.5 Å². The number of piperidine rings is 1. The van der Waals surface area contributed by atoms with Gasteiger partial charge in [-0.15, -0.1) is 0 Å². The normalized spacial score (nSPS) is 25.2.